The summed E-state index contributed by atoms with van der Waals surface area (Å²) < 4.78 is 30.4. The number of hydrogen-bond donors (Lipinski definition) is 2. The third-order valence-corrected chi connectivity index (χ3v) is 5.87. The van der Waals surface area contributed by atoms with Crippen molar-refractivity contribution in [1.82, 2.24) is 19.7 Å². The van der Waals surface area contributed by atoms with Crippen LogP contribution in [0.2, 0.25) is 0 Å². The molecule has 3 atom stereocenters. The van der Waals surface area contributed by atoms with Gasteiger partial charge in [0.15, 0.2) is 5.82 Å². The molecule has 1 saturated heterocycles. The van der Waals surface area contributed by atoms with Gasteiger partial charge in [0.2, 0.25) is 11.9 Å². The molecule has 31 heavy (non-hydrogen) atoms. The van der Waals surface area contributed by atoms with Crippen LogP contribution in [0.1, 0.15) is 42.1 Å². The molecule has 0 unspecified atom stereocenters. The molecule has 2 aromatic heterocycles. The third kappa shape index (κ3) is 4.59. The molecule has 2 fully saturated rings. The van der Waals surface area contributed by atoms with E-state index in [-0.39, 0.29) is 29.3 Å². The lowest BCUT2D eigenvalue weighted by atomic mass is 9.85. The Bertz CT molecular complexity index is 969. The Morgan fingerprint density at radius 2 is 2.16 bits per heavy atom. The first kappa shape index (κ1) is 21.0. The lowest BCUT2D eigenvalue weighted by molar-refractivity contribution is -0.0528. The van der Waals surface area contributed by atoms with Crippen LogP contribution in [0.15, 0.2) is 24.5 Å². The SMILES string of the molecule is [C-]#[N+][C@H]1C[C@H](N2CCC2)CC[C@@H]1n1cc(C(N)=O)c(Nc2ccc(OC(F)F)nc2)n1. The highest BCUT2D eigenvalue weighted by Gasteiger charge is 2.40. The number of aromatic nitrogens is 3. The van der Waals surface area contributed by atoms with Crippen molar-refractivity contribution in [3.8, 4) is 5.88 Å². The van der Waals surface area contributed by atoms with Crippen molar-refractivity contribution in [3.63, 3.8) is 0 Å². The molecular weight excluding hydrogens is 408 g/mol. The summed E-state index contributed by atoms with van der Waals surface area (Å²) in [6.45, 7) is 6.89. The van der Waals surface area contributed by atoms with Gasteiger partial charge in [-0.25, -0.2) is 11.6 Å². The second kappa shape index (κ2) is 8.85. The Kier molecular flexibility index (Phi) is 5.99. The summed E-state index contributed by atoms with van der Waals surface area (Å²) in [5.74, 6) is -0.654. The third-order valence-electron chi connectivity index (χ3n) is 5.87. The van der Waals surface area contributed by atoms with E-state index in [9.17, 15) is 13.6 Å². The van der Waals surface area contributed by atoms with E-state index in [4.69, 9.17) is 12.3 Å². The van der Waals surface area contributed by atoms with Gasteiger partial charge in [0.1, 0.15) is 11.6 Å². The zero-order valence-electron chi connectivity index (χ0n) is 16.7. The van der Waals surface area contributed by atoms with Gasteiger partial charge in [-0.15, -0.1) is 0 Å². The largest absolute Gasteiger partial charge is 0.417 e. The van der Waals surface area contributed by atoms with Crippen molar-refractivity contribution < 1.29 is 18.3 Å². The highest BCUT2D eigenvalue weighted by atomic mass is 19.3. The number of nitrogens with two attached hydrogens (primary N) is 1. The normalized spacial score (nSPS) is 23.7. The maximum absolute atomic E-state index is 12.3. The van der Waals surface area contributed by atoms with E-state index in [1.807, 2.05) is 0 Å². The summed E-state index contributed by atoms with van der Waals surface area (Å²) >= 11 is 0. The number of carbonyl (C=O) groups is 1. The number of nitrogens with one attached hydrogen (secondary N) is 1. The van der Waals surface area contributed by atoms with Crippen molar-refractivity contribution in [2.45, 2.75) is 50.4 Å². The molecule has 0 radical (unpaired) electrons. The Morgan fingerprint density at radius 1 is 1.35 bits per heavy atom. The lowest BCUT2D eigenvalue weighted by Gasteiger charge is -2.42. The van der Waals surface area contributed by atoms with Crippen LogP contribution >= 0.6 is 0 Å². The number of pyridine rings is 1. The van der Waals surface area contributed by atoms with Gasteiger partial charge in [0, 0.05) is 24.7 Å². The van der Waals surface area contributed by atoms with Gasteiger partial charge in [-0.2, -0.15) is 13.9 Å². The van der Waals surface area contributed by atoms with Gasteiger partial charge >= 0.3 is 6.61 Å². The molecule has 9 nitrogen and oxygen atoms in total. The number of hydrogen-bond acceptors (Lipinski definition) is 6. The van der Waals surface area contributed by atoms with Crippen LogP contribution in [0.4, 0.5) is 20.3 Å². The summed E-state index contributed by atoms with van der Waals surface area (Å²) in [4.78, 5) is 22.0. The van der Waals surface area contributed by atoms with E-state index < -0.39 is 12.5 Å². The fraction of sp³-hybridized carbons (Fsp3) is 0.500. The van der Waals surface area contributed by atoms with Crippen molar-refractivity contribution in [3.05, 3.63) is 41.5 Å². The number of ether oxygens (including phenoxy) is 1. The zero-order chi connectivity index (χ0) is 22.0. The standard InChI is InChI=1S/C20H23F2N7O2/c1-24-15-9-13(28-7-2-8-28)4-5-16(15)29-11-14(18(23)30)19(27-29)26-12-3-6-17(25-10-12)31-20(21)22/h3,6,10-11,13,15-16,20H,2,4-5,7-9H2,(H2,23,30)(H,26,27)/t13-,15+,16+/m1/s1. The molecule has 2 aliphatic rings. The topological polar surface area (TPSA) is 103 Å². The zero-order valence-corrected chi connectivity index (χ0v) is 16.7. The first-order valence-corrected chi connectivity index (χ1v) is 10.1. The summed E-state index contributed by atoms with van der Waals surface area (Å²) in [6, 6.07) is 2.80. The van der Waals surface area contributed by atoms with E-state index in [0.29, 0.717) is 11.7 Å². The molecule has 0 aromatic carbocycles. The molecular formula is C20H23F2N7O2. The number of amides is 1. The van der Waals surface area contributed by atoms with E-state index in [0.717, 1.165) is 32.4 Å². The number of likely N-dealkylation sites (tertiary alicyclic amines) is 1. The van der Waals surface area contributed by atoms with Crippen LogP contribution in [0.5, 0.6) is 5.88 Å². The van der Waals surface area contributed by atoms with Crippen molar-refractivity contribution >= 4 is 17.4 Å². The molecule has 3 N–H and O–H groups in total. The van der Waals surface area contributed by atoms with Crippen molar-refractivity contribution in [1.29, 1.82) is 0 Å². The number of alkyl halides is 2. The molecule has 11 heteroatoms. The molecule has 1 aliphatic carbocycles. The van der Waals surface area contributed by atoms with Gasteiger partial charge in [0.05, 0.1) is 11.9 Å². The smallest absolute Gasteiger partial charge is 0.388 e. The van der Waals surface area contributed by atoms with Crippen LogP contribution in [0.3, 0.4) is 0 Å². The average Bonchev–Trinajstić information content (AvgIpc) is 3.11. The quantitative estimate of drug-likeness (QED) is 0.654. The van der Waals surface area contributed by atoms with Gasteiger partial charge in [-0.3, -0.25) is 14.4 Å². The fourth-order valence-electron chi connectivity index (χ4n) is 4.18. The van der Waals surface area contributed by atoms with Gasteiger partial charge in [-0.05, 0) is 38.4 Å². The minimum atomic E-state index is -2.96. The molecule has 4 rings (SSSR count). The number of halogens is 2. The maximum Gasteiger partial charge on any atom is 0.388 e. The number of rotatable bonds is 7. The fourth-order valence-corrected chi connectivity index (χ4v) is 4.18. The molecule has 0 bridgehead atoms. The molecule has 1 saturated carbocycles. The summed E-state index contributed by atoms with van der Waals surface area (Å²) in [7, 11) is 0. The van der Waals surface area contributed by atoms with E-state index in [1.54, 1.807) is 10.9 Å². The van der Waals surface area contributed by atoms with Gasteiger partial charge in [0.25, 0.3) is 5.91 Å². The monoisotopic (exact) mass is 431 g/mol. The molecule has 164 valence electrons. The molecule has 0 spiro atoms. The molecule has 2 aromatic rings. The van der Waals surface area contributed by atoms with Gasteiger partial charge < -0.3 is 20.6 Å². The van der Waals surface area contributed by atoms with Crippen LogP contribution in [-0.4, -0.2) is 57.4 Å². The van der Waals surface area contributed by atoms with Crippen LogP contribution < -0.4 is 15.8 Å². The van der Waals surface area contributed by atoms with Crippen LogP contribution in [0.25, 0.3) is 4.85 Å². The number of nitrogens with zero attached hydrogens (tertiary/aromatic N) is 5. The number of primary amides is 1. The summed E-state index contributed by atoms with van der Waals surface area (Å²) in [5, 5.41) is 7.44. The van der Waals surface area contributed by atoms with Crippen LogP contribution in [-0.2, 0) is 0 Å². The maximum atomic E-state index is 12.3. The van der Waals surface area contributed by atoms with E-state index in [1.165, 1.54) is 24.8 Å². The van der Waals surface area contributed by atoms with Crippen molar-refractivity contribution in [2.75, 3.05) is 18.4 Å². The first-order chi connectivity index (χ1) is 14.9. The minimum absolute atomic E-state index is 0.149. The molecule has 1 amide bonds. The highest BCUT2D eigenvalue weighted by molar-refractivity contribution is 5.98. The minimum Gasteiger partial charge on any atom is -0.417 e. The van der Waals surface area contributed by atoms with Gasteiger partial charge in [-0.1, -0.05) is 0 Å². The second-order valence-corrected chi connectivity index (χ2v) is 7.74. The second-order valence-electron chi connectivity index (χ2n) is 7.74. The van der Waals surface area contributed by atoms with Crippen molar-refractivity contribution in [2.24, 2.45) is 5.73 Å². The number of carbonyl (C=O) groups excluding carboxylic acids is 1. The Labute approximate surface area is 178 Å². The first-order valence-electron chi connectivity index (χ1n) is 10.1. The summed E-state index contributed by atoms with van der Waals surface area (Å²) in [6.07, 6.45) is 6.61. The lowest BCUT2D eigenvalue weighted by Crippen LogP contribution is -2.49. The summed E-state index contributed by atoms with van der Waals surface area (Å²) in [5.41, 5.74) is 6.14. The molecule has 3 heterocycles. The Hall–Kier alpha value is -3.26. The van der Waals surface area contributed by atoms with E-state index in [2.05, 4.69) is 29.9 Å². The molecule has 1 aliphatic heterocycles. The Balaban J connectivity index is 1.52. The van der Waals surface area contributed by atoms with E-state index >= 15 is 0 Å². The number of anilines is 2. The van der Waals surface area contributed by atoms with Crippen LogP contribution in [0, 0.1) is 6.57 Å². The highest BCUT2D eigenvalue weighted by Crippen LogP contribution is 2.36. The Morgan fingerprint density at radius 3 is 2.74 bits per heavy atom. The average molecular weight is 431 g/mol. The predicted molar refractivity (Wildman–Crippen MR) is 108 cm³/mol. The predicted octanol–water partition coefficient (Wildman–Crippen LogP) is 2.81.